The highest BCUT2D eigenvalue weighted by Gasteiger charge is 2.51. The summed E-state index contributed by atoms with van der Waals surface area (Å²) in [4.78, 5) is 16.2. The topological polar surface area (TPSA) is 102 Å². The van der Waals surface area contributed by atoms with Crippen LogP contribution in [-0.4, -0.2) is 25.1 Å². The number of aryl methyl sites for hydroxylation is 1. The Morgan fingerprint density at radius 2 is 2.09 bits per heavy atom. The maximum atomic E-state index is 13.9. The average molecular weight is 484 g/mol. The number of nitrogens with one attached hydrogen (secondary N) is 1. The van der Waals surface area contributed by atoms with Crippen LogP contribution in [0.2, 0.25) is 0 Å². The van der Waals surface area contributed by atoms with E-state index in [1.165, 1.54) is 22.9 Å². The van der Waals surface area contributed by atoms with Crippen molar-refractivity contribution in [3.05, 3.63) is 65.2 Å². The van der Waals surface area contributed by atoms with Gasteiger partial charge in [-0.2, -0.15) is 0 Å². The van der Waals surface area contributed by atoms with Crippen molar-refractivity contribution in [3.8, 4) is 0 Å². The van der Waals surface area contributed by atoms with E-state index >= 15 is 0 Å². The number of amides is 1. The monoisotopic (exact) mass is 483 g/mol. The van der Waals surface area contributed by atoms with E-state index in [-0.39, 0.29) is 29.3 Å². The number of primary sulfonamides is 1. The standard InChI is InChI=1S/C26H30FN3O3S/c1-26-10-8-21-20-5-3-19(30-25(31)9-11-34(28,32)33)13-16(20)2-4-22(21)24(26)7-6-23(26)17-12-18(27)15-29-14-17/h3,5-6,12-15,21-22,24H,2,4,7-11H2,1H3,(H,30,31)(H2,28,32,33)/t21?,22?,24?,26-/m1/s1. The first-order valence-electron chi connectivity index (χ1n) is 11.9. The van der Waals surface area contributed by atoms with Gasteiger partial charge in [0.25, 0.3) is 0 Å². The molecule has 3 unspecified atom stereocenters. The van der Waals surface area contributed by atoms with Crippen LogP contribution in [0.15, 0.2) is 42.7 Å². The Morgan fingerprint density at radius 3 is 2.85 bits per heavy atom. The van der Waals surface area contributed by atoms with Gasteiger partial charge < -0.3 is 5.32 Å². The van der Waals surface area contributed by atoms with Crippen molar-refractivity contribution >= 4 is 27.2 Å². The molecule has 3 N–H and O–H groups in total. The Balaban J connectivity index is 1.32. The SMILES string of the molecule is C[C@]12CCC3c4ccc(NC(=O)CCS(N)(=O)=O)cc4CCC3C1CC=C2c1cncc(F)c1. The van der Waals surface area contributed by atoms with Gasteiger partial charge in [0.05, 0.1) is 11.9 Å². The molecule has 8 heteroatoms. The molecule has 1 saturated carbocycles. The highest BCUT2D eigenvalue weighted by molar-refractivity contribution is 7.89. The Bertz CT molecular complexity index is 1280. The number of carbonyl (C=O) groups is 1. The number of halogens is 1. The van der Waals surface area contributed by atoms with E-state index < -0.39 is 10.0 Å². The first kappa shape index (κ1) is 23.2. The molecule has 1 aromatic carbocycles. The Labute approximate surface area is 199 Å². The molecule has 6 nitrogen and oxygen atoms in total. The molecule has 5 rings (SSSR count). The fraction of sp³-hybridized carbons (Fsp3) is 0.462. The third-order valence-corrected chi connectivity index (χ3v) is 8.99. The van der Waals surface area contributed by atoms with Crippen LogP contribution in [0.25, 0.3) is 5.57 Å². The van der Waals surface area contributed by atoms with Crippen LogP contribution < -0.4 is 10.5 Å². The molecule has 4 atom stereocenters. The van der Waals surface area contributed by atoms with E-state index in [1.54, 1.807) is 12.3 Å². The summed E-state index contributed by atoms with van der Waals surface area (Å²) in [5.41, 5.74) is 5.50. The normalized spacial score (nSPS) is 27.9. The molecule has 0 spiro atoms. The number of aromatic nitrogens is 1. The van der Waals surface area contributed by atoms with Gasteiger partial charge in [-0.1, -0.05) is 19.1 Å². The number of rotatable bonds is 5. The fourth-order valence-electron chi connectivity index (χ4n) is 6.69. The minimum atomic E-state index is -3.66. The van der Waals surface area contributed by atoms with E-state index in [2.05, 4.69) is 29.4 Å². The number of hydrogen-bond acceptors (Lipinski definition) is 4. The lowest BCUT2D eigenvalue weighted by Gasteiger charge is -2.50. The first-order valence-corrected chi connectivity index (χ1v) is 13.6. The molecule has 1 heterocycles. The van der Waals surface area contributed by atoms with Crippen LogP contribution in [0.4, 0.5) is 10.1 Å². The summed E-state index contributed by atoms with van der Waals surface area (Å²) in [6.07, 6.45) is 10.4. The molecule has 0 radical (unpaired) electrons. The number of nitrogens with zero attached hydrogens (tertiary/aromatic N) is 1. The number of benzene rings is 1. The number of fused-ring (bicyclic) bond motifs is 5. The lowest BCUT2D eigenvalue weighted by molar-refractivity contribution is -0.115. The number of pyridine rings is 1. The molecule has 0 aliphatic heterocycles. The van der Waals surface area contributed by atoms with Crippen molar-refractivity contribution in [3.63, 3.8) is 0 Å². The molecule has 2 aromatic rings. The van der Waals surface area contributed by atoms with E-state index in [9.17, 15) is 17.6 Å². The maximum absolute atomic E-state index is 13.9. The lowest BCUT2D eigenvalue weighted by atomic mass is 9.54. The molecule has 1 amide bonds. The quantitative estimate of drug-likeness (QED) is 0.659. The molecule has 34 heavy (non-hydrogen) atoms. The van der Waals surface area contributed by atoms with E-state index in [0.29, 0.717) is 23.4 Å². The van der Waals surface area contributed by atoms with Gasteiger partial charge in [-0.3, -0.25) is 9.78 Å². The maximum Gasteiger partial charge on any atom is 0.225 e. The molecular weight excluding hydrogens is 453 g/mol. The van der Waals surface area contributed by atoms with Crippen LogP contribution in [0, 0.1) is 23.1 Å². The molecule has 0 bridgehead atoms. The van der Waals surface area contributed by atoms with E-state index in [1.807, 2.05) is 12.1 Å². The summed E-state index contributed by atoms with van der Waals surface area (Å²) in [7, 11) is -3.66. The second-order valence-corrected chi connectivity index (χ2v) is 11.9. The average Bonchev–Trinajstić information content (AvgIpc) is 3.14. The molecule has 3 aliphatic carbocycles. The van der Waals surface area contributed by atoms with Gasteiger partial charge in [0.2, 0.25) is 15.9 Å². The second kappa shape index (κ2) is 8.57. The third kappa shape index (κ3) is 4.29. The van der Waals surface area contributed by atoms with Crippen molar-refractivity contribution in [1.82, 2.24) is 4.98 Å². The van der Waals surface area contributed by atoms with E-state index in [4.69, 9.17) is 5.14 Å². The van der Waals surface area contributed by atoms with Crippen molar-refractivity contribution < 1.29 is 17.6 Å². The number of sulfonamides is 1. The Kier molecular flexibility index (Phi) is 5.84. The minimum Gasteiger partial charge on any atom is -0.326 e. The van der Waals surface area contributed by atoms with Crippen molar-refractivity contribution in [1.29, 1.82) is 0 Å². The van der Waals surface area contributed by atoms with Gasteiger partial charge in [-0.25, -0.2) is 17.9 Å². The molecule has 0 saturated heterocycles. The van der Waals surface area contributed by atoms with Crippen LogP contribution in [0.1, 0.15) is 61.6 Å². The lowest BCUT2D eigenvalue weighted by Crippen LogP contribution is -2.40. The Hall–Kier alpha value is -2.58. The van der Waals surface area contributed by atoms with Gasteiger partial charge >= 0.3 is 0 Å². The molecule has 1 aromatic heterocycles. The highest BCUT2D eigenvalue weighted by Crippen LogP contribution is 2.63. The molecule has 180 valence electrons. The summed E-state index contributed by atoms with van der Waals surface area (Å²) >= 11 is 0. The van der Waals surface area contributed by atoms with Crippen molar-refractivity contribution in [2.75, 3.05) is 11.1 Å². The summed E-state index contributed by atoms with van der Waals surface area (Å²) in [5.74, 6) is 0.556. The summed E-state index contributed by atoms with van der Waals surface area (Å²) < 4.78 is 36.1. The van der Waals surface area contributed by atoms with Gasteiger partial charge in [-0.15, -0.1) is 0 Å². The smallest absolute Gasteiger partial charge is 0.225 e. The number of nitrogens with two attached hydrogens (primary N) is 1. The van der Waals surface area contributed by atoms with Crippen molar-refractivity contribution in [2.45, 2.75) is 51.4 Å². The molecule has 1 fully saturated rings. The highest BCUT2D eigenvalue weighted by atomic mass is 32.2. The summed E-state index contributed by atoms with van der Waals surface area (Å²) in [5, 5.41) is 7.80. The first-order chi connectivity index (χ1) is 16.1. The fourth-order valence-corrected chi connectivity index (χ4v) is 7.16. The molecule has 3 aliphatic rings. The number of carbonyl (C=O) groups excluding carboxylic acids is 1. The number of hydrogen-bond donors (Lipinski definition) is 2. The summed E-state index contributed by atoms with van der Waals surface area (Å²) in [6, 6.07) is 7.68. The zero-order valence-electron chi connectivity index (χ0n) is 19.3. The van der Waals surface area contributed by atoms with Gasteiger partial charge in [0.1, 0.15) is 5.82 Å². The van der Waals surface area contributed by atoms with Gasteiger partial charge in [0, 0.05) is 18.3 Å². The van der Waals surface area contributed by atoms with Gasteiger partial charge in [0.15, 0.2) is 0 Å². The second-order valence-electron chi connectivity index (χ2n) is 10.2. The Morgan fingerprint density at radius 1 is 1.26 bits per heavy atom. The predicted molar refractivity (Wildman–Crippen MR) is 130 cm³/mol. The van der Waals surface area contributed by atoms with Crippen LogP contribution in [0.3, 0.4) is 0 Å². The van der Waals surface area contributed by atoms with Crippen molar-refractivity contribution in [2.24, 2.45) is 22.4 Å². The summed E-state index contributed by atoms with van der Waals surface area (Å²) in [6.45, 7) is 2.34. The minimum absolute atomic E-state index is 0.0331. The largest absolute Gasteiger partial charge is 0.326 e. The molecular formula is C26H30FN3O3S. The zero-order valence-corrected chi connectivity index (χ0v) is 20.1. The third-order valence-electron chi connectivity index (χ3n) is 8.22. The predicted octanol–water partition coefficient (Wildman–Crippen LogP) is 4.39. The number of allylic oxidation sites excluding steroid dienone is 2. The van der Waals surface area contributed by atoms with E-state index in [0.717, 1.165) is 37.7 Å². The zero-order chi connectivity index (χ0) is 24.1. The van der Waals surface area contributed by atoms with Crippen LogP contribution >= 0.6 is 0 Å². The number of anilines is 1. The van der Waals surface area contributed by atoms with Crippen LogP contribution in [0.5, 0.6) is 0 Å². The van der Waals surface area contributed by atoms with Gasteiger partial charge in [-0.05, 0) is 95.7 Å². The van der Waals surface area contributed by atoms with Crippen LogP contribution in [-0.2, 0) is 21.2 Å².